The van der Waals surface area contributed by atoms with Crippen molar-refractivity contribution >= 4 is 0 Å². The molecule has 0 saturated carbocycles. The molecule has 20 heavy (non-hydrogen) atoms. The number of para-hydroxylation sites is 1. The minimum atomic E-state index is 0.510. The average molecular weight is 269 g/mol. The molecule has 2 aromatic carbocycles. The Morgan fingerprint density at radius 2 is 1.70 bits per heavy atom. The van der Waals surface area contributed by atoms with E-state index in [0.717, 1.165) is 18.8 Å². The molecule has 1 unspecified atom stereocenters. The van der Waals surface area contributed by atoms with Gasteiger partial charge in [-0.15, -0.1) is 0 Å². The number of nitrogens with one attached hydrogen (secondary N) is 1. The molecule has 0 aliphatic carbocycles. The molecular weight excluding hydrogens is 246 g/mol. The van der Waals surface area contributed by atoms with Gasteiger partial charge in [-0.25, -0.2) is 0 Å². The maximum Gasteiger partial charge on any atom is 0.123 e. The summed E-state index contributed by atoms with van der Waals surface area (Å²) in [6.45, 7) is 6.77. The van der Waals surface area contributed by atoms with Crippen LogP contribution in [0.5, 0.6) is 5.75 Å². The summed E-state index contributed by atoms with van der Waals surface area (Å²) in [6.07, 6.45) is 0. The number of ether oxygens (including phenoxy) is 1. The first-order valence-electron chi connectivity index (χ1n) is 7.27. The monoisotopic (exact) mass is 269 g/mol. The third kappa shape index (κ3) is 4.10. The first-order chi connectivity index (χ1) is 9.81. The first kappa shape index (κ1) is 14.6. The van der Waals surface area contributed by atoms with Gasteiger partial charge in [0.25, 0.3) is 0 Å². The quantitative estimate of drug-likeness (QED) is 0.821. The molecule has 0 amide bonds. The van der Waals surface area contributed by atoms with Crippen molar-refractivity contribution < 1.29 is 4.74 Å². The minimum absolute atomic E-state index is 0.510. The molecule has 0 saturated heterocycles. The van der Waals surface area contributed by atoms with Gasteiger partial charge in [-0.3, -0.25) is 0 Å². The second-order valence-electron chi connectivity index (χ2n) is 4.98. The number of benzene rings is 2. The van der Waals surface area contributed by atoms with E-state index in [1.165, 1.54) is 11.1 Å². The van der Waals surface area contributed by atoms with E-state index in [0.29, 0.717) is 12.5 Å². The summed E-state index contributed by atoms with van der Waals surface area (Å²) < 4.78 is 5.64. The summed E-state index contributed by atoms with van der Waals surface area (Å²) in [7, 11) is 0. The summed E-state index contributed by atoms with van der Waals surface area (Å²) in [6, 6.07) is 18.8. The SMILES string of the molecule is CCOc1ccccc1CNCC(C)c1ccccc1. The van der Waals surface area contributed by atoms with Crippen molar-refractivity contribution in [1.82, 2.24) is 5.32 Å². The highest BCUT2D eigenvalue weighted by Crippen LogP contribution is 2.18. The van der Waals surface area contributed by atoms with Gasteiger partial charge < -0.3 is 10.1 Å². The summed E-state index contributed by atoms with van der Waals surface area (Å²) in [5.41, 5.74) is 2.59. The molecule has 0 spiro atoms. The van der Waals surface area contributed by atoms with Crippen LogP contribution in [-0.4, -0.2) is 13.2 Å². The lowest BCUT2D eigenvalue weighted by Crippen LogP contribution is -2.20. The predicted molar refractivity (Wildman–Crippen MR) is 84.2 cm³/mol. The Hall–Kier alpha value is -1.80. The first-order valence-corrected chi connectivity index (χ1v) is 7.27. The van der Waals surface area contributed by atoms with Crippen molar-refractivity contribution in [3.63, 3.8) is 0 Å². The maximum atomic E-state index is 5.64. The van der Waals surface area contributed by atoms with Gasteiger partial charge in [-0.1, -0.05) is 55.5 Å². The number of hydrogen-bond acceptors (Lipinski definition) is 2. The number of rotatable bonds is 7. The van der Waals surface area contributed by atoms with Crippen molar-refractivity contribution in [2.45, 2.75) is 26.3 Å². The molecule has 1 atom stereocenters. The van der Waals surface area contributed by atoms with E-state index in [9.17, 15) is 0 Å². The van der Waals surface area contributed by atoms with E-state index in [2.05, 4.69) is 54.7 Å². The molecule has 0 aliphatic heterocycles. The molecule has 0 heterocycles. The van der Waals surface area contributed by atoms with Crippen LogP contribution in [0.15, 0.2) is 54.6 Å². The third-order valence-electron chi connectivity index (χ3n) is 3.41. The van der Waals surface area contributed by atoms with Crippen LogP contribution in [0.1, 0.15) is 30.9 Å². The Morgan fingerprint density at radius 1 is 1.00 bits per heavy atom. The summed E-state index contributed by atoms with van der Waals surface area (Å²) in [5.74, 6) is 1.49. The molecular formula is C18H23NO. The van der Waals surface area contributed by atoms with E-state index < -0.39 is 0 Å². The van der Waals surface area contributed by atoms with Crippen LogP contribution < -0.4 is 10.1 Å². The van der Waals surface area contributed by atoms with Crippen molar-refractivity contribution in [2.24, 2.45) is 0 Å². The molecule has 1 N–H and O–H groups in total. The standard InChI is InChI=1S/C18H23NO/c1-3-20-18-12-8-7-11-17(18)14-19-13-15(2)16-9-5-4-6-10-16/h4-12,15,19H,3,13-14H2,1-2H3. The molecule has 2 nitrogen and oxygen atoms in total. The van der Waals surface area contributed by atoms with Crippen LogP contribution in [0, 0.1) is 0 Å². The van der Waals surface area contributed by atoms with Gasteiger partial charge in [-0.05, 0) is 24.5 Å². The summed E-state index contributed by atoms with van der Waals surface area (Å²) in [4.78, 5) is 0. The molecule has 2 aromatic rings. The Kier molecular flexibility index (Phi) is 5.63. The largest absolute Gasteiger partial charge is 0.494 e. The molecule has 0 fully saturated rings. The van der Waals surface area contributed by atoms with Crippen molar-refractivity contribution in [3.8, 4) is 5.75 Å². The minimum Gasteiger partial charge on any atom is -0.494 e. The van der Waals surface area contributed by atoms with Gasteiger partial charge >= 0.3 is 0 Å². The molecule has 2 heteroatoms. The van der Waals surface area contributed by atoms with Crippen LogP contribution >= 0.6 is 0 Å². The van der Waals surface area contributed by atoms with E-state index >= 15 is 0 Å². The molecule has 106 valence electrons. The normalized spacial score (nSPS) is 12.1. The van der Waals surface area contributed by atoms with E-state index in [1.54, 1.807) is 0 Å². The lowest BCUT2D eigenvalue weighted by molar-refractivity contribution is 0.335. The van der Waals surface area contributed by atoms with E-state index in [-0.39, 0.29) is 0 Å². The highest BCUT2D eigenvalue weighted by molar-refractivity contribution is 5.33. The van der Waals surface area contributed by atoms with Gasteiger partial charge in [0.05, 0.1) is 6.61 Å². The Labute approximate surface area is 121 Å². The van der Waals surface area contributed by atoms with Gasteiger partial charge in [0.2, 0.25) is 0 Å². The number of hydrogen-bond donors (Lipinski definition) is 1. The molecule has 2 rings (SSSR count). The van der Waals surface area contributed by atoms with Crippen molar-refractivity contribution in [1.29, 1.82) is 0 Å². The van der Waals surface area contributed by atoms with Gasteiger partial charge in [-0.2, -0.15) is 0 Å². The van der Waals surface area contributed by atoms with E-state index in [4.69, 9.17) is 4.74 Å². The van der Waals surface area contributed by atoms with Crippen LogP contribution in [0.4, 0.5) is 0 Å². The molecule has 0 bridgehead atoms. The topological polar surface area (TPSA) is 21.3 Å². The molecule has 0 aromatic heterocycles. The zero-order chi connectivity index (χ0) is 14.2. The Bertz CT molecular complexity index is 510. The Balaban J connectivity index is 1.87. The second kappa shape index (κ2) is 7.71. The lowest BCUT2D eigenvalue weighted by Gasteiger charge is -2.14. The van der Waals surface area contributed by atoms with E-state index in [1.807, 2.05) is 19.1 Å². The fraction of sp³-hybridized carbons (Fsp3) is 0.333. The maximum absolute atomic E-state index is 5.64. The third-order valence-corrected chi connectivity index (χ3v) is 3.41. The van der Waals surface area contributed by atoms with Crippen LogP contribution in [0.3, 0.4) is 0 Å². The summed E-state index contributed by atoms with van der Waals surface area (Å²) >= 11 is 0. The second-order valence-corrected chi connectivity index (χ2v) is 4.98. The van der Waals surface area contributed by atoms with Crippen LogP contribution in [0.2, 0.25) is 0 Å². The van der Waals surface area contributed by atoms with Gasteiger partial charge in [0.15, 0.2) is 0 Å². The zero-order valence-corrected chi connectivity index (χ0v) is 12.3. The average Bonchev–Trinajstić information content (AvgIpc) is 2.50. The Morgan fingerprint density at radius 3 is 2.45 bits per heavy atom. The predicted octanol–water partition coefficient (Wildman–Crippen LogP) is 3.98. The van der Waals surface area contributed by atoms with Crippen molar-refractivity contribution in [2.75, 3.05) is 13.2 Å². The fourth-order valence-corrected chi connectivity index (χ4v) is 2.27. The van der Waals surface area contributed by atoms with Gasteiger partial charge in [0.1, 0.15) is 5.75 Å². The molecule has 0 aliphatic rings. The van der Waals surface area contributed by atoms with Gasteiger partial charge in [0, 0.05) is 18.7 Å². The fourth-order valence-electron chi connectivity index (χ4n) is 2.27. The van der Waals surface area contributed by atoms with Crippen LogP contribution in [0.25, 0.3) is 0 Å². The summed E-state index contributed by atoms with van der Waals surface area (Å²) in [5, 5.41) is 3.52. The zero-order valence-electron chi connectivity index (χ0n) is 12.3. The van der Waals surface area contributed by atoms with Crippen molar-refractivity contribution in [3.05, 3.63) is 65.7 Å². The lowest BCUT2D eigenvalue weighted by atomic mass is 10.0. The highest BCUT2D eigenvalue weighted by atomic mass is 16.5. The molecule has 0 radical (unpaired) electrons. The smallest absolute Gasteiger partial charge is 0.123 e. The van der Waals surface area contributed by atoms with Crippen LogP contribution in [-0.2, 0) is 6.54 Å². The highest BCUT2D eigenvalue weighted by Gasteiger charge is 2.06.